The number of carbonyl (C=O) groups is 2. The number of hydrogen-bond donors (Lipinski definition) is 0. The van der Waals surface area contributed by atoms with E-state index < -0.39 is 0 Å². The monoisotopic (exact) mass is 340 g/mol. The summed E-state index contributed by atoms with van der Waals surface area (Å²) in [7, 11) is 0. The highest BCUT2D eigenvalue weighted by atomic mass is 35.5. The van der Waals surface area contributed by atoms with E-state index in [1.807, 2.05) is 24.3 Å². The molecule has 0 aliphatic carbocycles. The standard InChI is InChI=1S/C15H17ClN2O3S/c16-12-3-1-11(2-4-12)13-7-17(5-6-21-13)14(19)8-18-10-22-9-15(18)20/h1-4,13H,5-10H2. The van der Waals surface area contributed by atoms with Crippen LogP contribution in [0.3, 0.4) is 0 Å². The number of hydrogen-bond acceptors (Lipinski definition) is 4. The first-order valence-electron chi connectivity index (χ1n) is 7.14. The first-order valence-corrected chi connectivity index (χ1v) is 8.67. The molecule has 1 unspecified atom stereocenters. The number of morpholine rings is 1. The number of benzene rings is 1. The van der Waals surface area contributed by atoms with Gasteiger partial charge in [-0.15, -0.1) is 11.8 Å². The normalized spacial score (nSPS) is 22.2. The molecule has 0 aromatic heterocycles. The molecule has 2 fully saturated rings. The molecule has 118 valence electrons. The van der Waals surface area contributed by atoms with Crippen LogP contribution in [0.1, 0.15) is 11.7 Å². The second-order valence-corrected chi connectivity index (χ2v) is 6.71. The molecule has 1 aromatic rings. The van der Waals surface area contributed by atoms with Crippen molar-refractivity contribution in [2.75, 3.05) is 37.9 Å². The summed E-state index contributed by atoms with van der Waals surface area (Å²) in [5.74, 6) is 1.11. The van der Waals surface area contributed by atoms with Gasteiger partial charge < -0.3 is 14.5 Å². The Labute approximate surface area is 138 Å². The zero-order chi connectivity index (χ0) is 15.5. The Bertz CT molecular complexity index is 566. The maximum absolute atomic E-state index is 12.4. The lowest BCUT2D eigenvalue weighted by Crippen LogP contribution is -2.47. The van der Waals surface area contributed by atoms with E-state index in [1.54, 1.807) is 21.6 Å². The van der Waals surface area contributed by atoms with Crippen LogP contribution < -0.4 is 0 Å². The zero-order valence-corrected chi connectivity index (χ0v) is 13.6. The Morgan fingerprint density at radius 2 is 2.14 bits per heavy atom. The van der Waals surface area contributed by atoms with Crippen LogP contribution in [0, 0.1) is 0 Å². The largest absolute Gasteiger partial charge is 0.370 e. The number of nitrogens with zero attached hydrogens (tertiary/aromatic N) is 2. The summed E-state index contributed by atoms with van der Waals surface area (Å²) in [5, 5.41) is 0.678. The first kappa shape index (κ1) is 15.6. The van der Waals surface area contributed by atoms with Crippen molar-refractivity contribution in [2.24, 2.45) is 0 Å². The van der Waals surface area contributed by atoms with Crippen molar-refractivity contribution in [3.8, 4) is 0 Å². The molecule has 2 heterocycles. The summed E-state index contributed by atoms with van der Waals surface area (Å²) < 4.78 is 5.75. The van der Waals surface area contributed by atoms with Crippen LogP contribution in [0.5, 0.6) is 0 Å². The van der Waals surface area contributed by atoms with Crippen LogP contribution in [-0.4, -0.2) is 59.5 Å². The third-order valence-electron chi connectivity index (χ3n) is 3.81. The Hall–Kier alpha value is -1.24. The molecule has 2 aliphatic rings. The minimum atomic E-state index is -0.140. The first-order chi connectivity index (χ1) is 10.6. The van der Waals surface area contributed by atoms with Crippen LogP contribution in [0.25, 0.3) is 0 Å². The molecule has 5 nitrogen and oxygen atoms in total. The minimum Gasteiger partial charge on any atom is -0.370 e. The summed E-state index contributed by atoms with van der Waals surface area (Å²) in [6, 6.07) is 7.48. The molecule has 7 heteroatoms. The van der Waals surface area contributed by atoms with Crippen molar-refractivity contribution < 1.29 is 14.3 Å². The third kappa shape index (κ3) is 3.56. The van der Waals surface area contributed by atoms with Gasteiger partial charge in [-0.25, -0.2) is 0 Å². The van der Waals surface area contributed by atoms with Crippen molar-refractivity contribution in [3.63, 3.8) is 0 Å². The van der Waals surface area contributed by atoms with Crippen molar-refractivity contribution in [1.82, 2.24) is 9.80 Å². The molecular formula is C15H17ClN2O3S. The van der Waals surface area contributed by atoms with Crippen LogP contribution in [-0.2, 0) is 14.3 Å². The van der Waals surface area contributed by atoms with Gasteiger partial charge in [-0.3, -0.25) is 9.59 Å². The van der Waals surface area contributed by atoms with Gasteiger partial charge in [0.1, 0.15) is 12.6 Å². The van der Waals surface area contributed by atoms with E-state index in [9.17, 15) is 9.59 Å². The third-order valence-corrected chi connectivity index (χ3v) is 5.01. The van der Waals surface area contributed by atoms with Crippen LogP contribution in [0.2, 0.25) is 5.02 Å². The molecule has 0 radical (unpaired) electrons. The van der Waals surface area contributed by atoms with E-state index in [-0.39, 0.29) is 24.5 Å². The summed E-state index contributed by atoms with van der Waals surface area (Å²) in [5.41, 5.74) is 1.01. The van der Waals surface area contributed by atoms with Crippen molar-refractivity contribution >= 4 is 35.2 Å². The summed E-state index contributed by atoms with van der Waals surface area (Å²) in [6.45, 7) is 1.74. The second kappa shape index (κ2) is 6.89. The smallest absolute Gasteiger partial charge is 0.242 e. The van der Waals surface area contributed by atoms with Gasteiger partial charge in [0.25, 0.3) is 0 Å². The molecule has 0 saturated carbocycles. The fraction of sp³-hybridized carbons (Fsp3) is 0.467. The number of thioether (sulfide) groups is 1. The van der Waals surface area contributed by atoms with Crippen molar-refractivity contribution in [3.05, 3.63) is 34.9 Å². The van der Waals surface area contributed by atoms with E-state index in [1.165, 1.54) is 0 Å². The van der Waals surface area contributed by atoms with Gasteiger partial charge in [0.05, 0.1) is 24.8 Å². The number of ether oxygens (including phenoxy) is 1. The van der Waals surface area contributed by atoms with Gasteiger partial charge in [-0.1, -0.05) is 23.7 Å². The van der Waals surface area contributed by atoms with Gasteiger partial charge >= 0.3 is 0 Å². The molecule has 0 bridgehead atoms. The molecular weight excluding hydrogens is 324 g/mol. The lowest BCUT2D eigenvalue weighted by molar-refractivity contribution is -0.143. The predicted molar refractivity (Wildman–Crippen MR) is 85.8 cm³/mol. The molecule has 2 aliphatic heterocycles. The Balaban J connectivity index is 1.61. The molecule has 2 amide bonds. The van der Waals surface area contributed by atoms with Crippen LogP contribution in [0.15, 0.2) is 24.3 Å². The molecule has 1 atom stereocenters. The van der Waals surface area contributed by atoms with Crippen LogP contribution >= 0.6 is 23.4 Å². The van der Waals surface area contributed by atoms with E-state index in [0.29, 0.717) is 36.3 Å². The molecule has 1 aromatic carbocycles. The average Bonchev–Trinajstić information content (AvgIpc) is 2.93. The van der Waals surface area contributed by atoms with Crippen molar-refractivity contribution in [2.45, 2.75) is 6.10 Å². The number of amides is 2. The SMILES string of the molecule is O=C1CSCN1CC(=O)N1CCOC(c2ccc(Cl)cc2)C1. The van der Waals surface area contributed by atoms with Gasteiger partial charge in [0.2, 0.25) is 11.8 Å². The highest BCUT2D eigenvalue weighted by Gasteiger charge is 2.29. The molecule has 22 heavy (non-hydrogen) atoms. The Kier molecular flexibility index (Phi) is 4.90. The van der Waals surface area contributed by atoms with E-state index in [0.717, 1.165) is 5.56 Å². The predicted octanol–water partition coefficient (Wildman–Crippen LogP) is 1.77. The summed E-state index contributed by atoms with van der Waals surface area (Å²) in [4.78, 5) is 27.4. The van der Waals surface area contributed by atoms with Gasteiger partial charge in [-0.05, 0) is 17.7 Å². The maximum Gasteiger partial charge on any atom is 0.242 e. The summed E-state index contributed by atoms with van der Waals surface area (Å²) in [6.07, 6.45) is -0.140. The molecule has 0 N–H and O–H groups in total. The minimum absolute atomic E-state index is 0.0156. The second-order valence-electron chi connectivity index (χ2n) is 5.32. The number of rotatable bonds is 3. The van der Waals surface area contributed by atoms with Gasteiger partial charge in [0, 0.05) is 11.6 Å². The quantitative estimate of drug-likeness (QED) is 0.841. The Morgan fingerprint density at radius 1 is 1.36 bits per heavy atom. The molecule has 2 saturated heterocycles. The fourth-order valence-corrected chi connectivity index (χ4v) is 3.59. The highest BCUT2D eigenvalue weighted by molar-refractivity contribution is 8.00. The average molecular weight is 341 g/mol. The lowest BCUT2D eigenvalue weighted by Gasteiger charge is -2.34. The fourth-order valence-electron chi connectivity index (χ4n) is 2.56. The zero-order valence-electron chi connectivity index (χ0n) is 12.0. The topological polar surface area (TPSA) is 49.9 Å². The lowest BCUT2D eigenvalue weighted by atomic mass is 10.1. The maximum atomic E-state index is 12.4. The number of carbonyl (C=O) groups excluding carboxylic acids is 2. The van der Waals surface area contributed by atoms with Crippen LogP contribution in [0.4, 0.5) is 0 Å². The van der Waals surface area contributed by atoms with Gasteiger partial charge in [0.15, 0.2) is 0 Å². The number of halogens is 1. The van der Waals surface area contributed by atoms with Gasteiger partial charge in [-0.2, -0.15) is 0 Å². The van der Waals surface area contributed by atoms with Crippen molar-refractivity contribution in [1.29, 1.82) is 0 Å². The summed E-state index contributed by atoms with van der Waals surface area (Å²) >= 11 is 7.44. The van der Waals surface area contributed by atoms with E-state index >= 15 is 0 Å². The molecule has 3 rings (SSSR count). The van der Waals surface area contributed by atoms with E-state index in [2.05, 4.69) is 0 Å². The molecule has 0 spiro atoms. The van der Waals surface area contributed by atoms with E-state index in [4.69, 9.17) is 16.3 Å². The highest BCUT2D eigenvalue weighted by Crippen LogP contribution is 2.24. The Morgan fingerprint density at radius 3 is 2.82 bits per heavy atom.